The van der Waals surface area contributed by atoms with Gasteiger partial charge in [-0.25, -0.2) is 9.97 Å². The van der Waals surface area contributed by atoms with Crippen molar-refractivity contribution in [1.82, 2.24) is 9.97 Å². The maximum Gasteiger partial charge on any atom is 0.310 e. The van der Waals surface area contributed by atoms with E-state index >= 15 is 0 Å². The molecule has 33 heavy (non-hydrogen) atoms. The largest absolute Gasteiger partial charge is 0.489 e. The second kappa shape index (κ2) is 10.7. The lowest BCUT2D eigenvalue weighted by Gasteiger charge is -2.11. The Bertz CT molecular complexity index is 1210. The van der Waals surface area contributed by atoms with Gasteiger partial charge in [0.1, 0.15) is 24.0 Å². The zero-order valence-electron chi connectivity index (χ0n) is 18.5. The van der Waals surface area contributed by atoms with Crippen molar-refractivity contribution in [1.29, 1.82) is 0 Å². The van der Waals surface area contributed by atoms with E-state index in [0.29, 0.717) is 24.8 Å². The maximum absolute atomic E-state index is 11.6. The molecule has 0 amide bonds. The van der Waals surface area contributed by atoms with E-state index in [1.54, 1.807) is 17.5 Å². The number of esters is 1. The Balaban J connectivity index is 1.33. The first-order valence-corrected chi connectivity index (χ1v) is 11.3. The van der Waals surface area contributed by atoms with Crippen molar-refractivity contribution >= 4 is 17.3 Å². The number of para-hydroxylation sites is 1. The fourth-order valence-electron chi connectivity index (χ4n) is 3.17. The van der Waals surface area contributed by atoms with Gasteiger partial charge in [0, 0.05) is 33.8 Å². The lowest BCUT2D eigenvalue weighted by Crippen LogP contribution is -2.07. The van der Waals surface area contributed by atoms with Crippen LogP contribution < -0.4 is 9.47 Å². The van der Waals surface area contributed by atoms with Gasteiger partial charge in [0.15, 0.2) is 0 Å². The number of carbonyl (C=O) groups is 1. The summed E-state index contributed by atoms with van der Waals surface area (Å²) in [5.41, 5.74) is 3.69. The molecule has 0 fully saturated rings. The van der Waals surface area contributed by atoms with Crippen LogP contribution in [0, 0.1) is 6.92 Å². The Morgan fingerprint density at radius 3 is 2.48 bits per heavy atom. The van der Waals surface area contributed by atoms with Gasteiger partial charge in [-0.05, 0) is 19.1 Å². The third kappa shape index (κ3) is 5.96. The number of benzene rings is 2. The Labute approximate surface area is 196 Å². The van der Waals surface area contributed by atoms with E-state index in [1.807, 2.05) is 54.6 Å². The summed E-state index contributed by atoms with van der Waals surface area (Å²) in [7, 11) is 1.37. The maximum atomic E-state index is 11.6. The number of hydrogen-bond donors (Lipinski definition) is 0. The van der Waals surface area contributed by atoms with Crippen LogP contribution in [-0.4, -0.2) is 23.0 Å². The van der Waals surface area contributed by atoms with Crippen LogP contribution in [0.5, 0.6) is 11.6 Å². The Morgan fingerprint density at radius 1 is 0.939 bits per heavy atom. The van der Waals surface area contributed by atoms with E-state index in [1.165, 1.54) is 7.11 Å². The number of methoxy groups -OCH3 is 1. The number of aromatic nitrogens is 2. The lowest BCUT2D eigenvalue weighted by molar-refractivity contribution is -0.139. The fraction of sp³-hybridized carbons (Fsp3) is 0.192. The van der Waals surface area contributed by atoms with Crippen LogP contribution in [0.4, 0.5) is 0 Å². The molecular weight excluding hydrogens is 436 g/mol. The monoisotopic (exact) mass is 460 g/mol. The normalized spacial score (nSPS) is 10.6. The molecule has 4 rings (SSSR count). The summed E-state index contributed by atoms with van der Waals surface area (Å²) in [4.78, 5) is 21.8. The van der Waals surface area contributed by atoms with Crippen LogP contribution in [0.3, 0.4) is 0 Å². The Kier molecular flexibility index (Phi) is 7.32. The van der Waals surface area contributed by atoms with Crippen LogP contribution in [0.2, 0.25) is 0 Å². The van der Waals surface area contributed by atoms with Crippen molar-refractivity contribution < 1.29 is 19.0 Å². The summed E-state index contributed by atoms with van der Waals surface area (Å²) in [6, 6.07) is 21.3. The van der Waals surface area contributed by atoms with Gasteiger partial charge >= 0.3 is 5.97 Å². The second-order valence-electron chi connectivity index (χ2n) is 7.33. The van der Waals surface area contributed by atoms with Crippen molar-refractivity contribution in [3.8, 4) is 22.2 Å². The first kappa shape index (κ1) is 22.5. The molecule has 2 aromatic heterocycles. The van der Waals surface area contributed by atoms with Gasteiger partial charge in [0.2, 0.25) is 5.88 Å². The molecule has 0 bridgehead atoms. The van der Waals surface area contributed by atoms with E-state index in [4.69, 9.17) is 19.2 Å². The molecule has 168 valence electrons. The average Bonchev–Trinajstić information content (AvgIpc) is 3.23. The summed E-state index contributed by atoms with van der Waals surface area (Å²) in [6.07, 6.45) is 1.89. The molecule has 2 heterocycles. The summed E-state index contributed by atoms with van der Waals surface area (Å²) in [5.74, 6) is 0.871. The minimum absolute atomic E-state index is 0.166. The second-order valence-corrected chi connectivity index (χ2v) is 8.53. The number of carbonyl (C=O) groups excluding carboxylic acids is 1. The van der Waals surface area contributed by atoms with E-state index < -0.39 is 0 Å². The van der Waals surface area contributed by atoms with E-state index in [9.17, 15) is 4.79 Å². The van der Waals surface area contributed by atoms with Crippen molar-refractivity contribution in [2.24, 2.45) is 0 Å². The minimum Gasteiger partial charge on any atom is -0.489 e. The summed E-state index contributed by atoms with van der Waals surface area (Å²) >= 11 is 1.66. The zero-order valence-corrected chi connectivity index (χ0v) is 19.3. The zero-order chi connectivity index (χ0) is 23.0. The summed E-state index contributed by atoms with van der Waals surface area (Å²) < 4.78 is 16.5. The molecule has 0 unspecified atom stereocenters. The van der Waals surface area contributed by atoms with Crippen molar-refractivity contribution in [2.75, 3.05) is 7.11 Å². The SMILES string of the molecule is COC(=O)Cc1ccccc1OCc1ccc(OCc2nc(-c3ccccc3)sc2C)nc1. The molecule has 0 aliphatic heterocycles. The smallest absolute Gasteiger partial charge is 0.310 e. The van der Waals surface area contributed by atoms with Gasteiger partial charge in [-0.15, -0.1) is 11.3 Å². The molecular formula is C26H24N2O4S. The number of nitrogens with zero attached hydrogens (tertiary/aromatic N) is 2. The third-order valence-corrected chi connectivity index (χ3v) is 6.06. The highest BCUT2D eigenvalue weighted by Crippen LogP contribution is 2.28. The van der Waals surface area contributed by atoms with Crippen LogP contribution in [0.25, 0.3) is 10.6 Å². The predicted molar refractivity (Wildman–Crippen MR) is 127 cm³/mol. The molecule has 0 spiro atoms. The van der Waals surface area contributed by atoms with Crippen molar-refractivity contribution in [2.45, 2.75) is 26.6 Å². The number of aryl methyl sites for hydroxylation is 1. The van der Waals surface area contributed by atoms with Crippen molar-refractivity contribution in [3.63, 3.8) is 0 Å². The first-order valence-electron chi connectivity index (χ1n) is 10.5. The molecule has 4 aromatic rings. The lowest BCUT2D eigenvalue weighted by atomic mass is 10.1. The fourth-order valence-corrected chi connectivity index (χ4v) is 4.09. The van der Waals surface area contributed by atoms with Crippen molar-refractivity contribution in [3.05, 3.63) is 94.6 Å². The third-order valence-electron chi connectivity index (χ3n) is 5.00. The molecule has 0 saturated carbocycles. The van der Waals surface area contributed by atoms with Gasteiger partial charge in [-0.1, -0.05) is 48.5 Å². The van der Waals surface area contributed by atoms with Gasteiger partial charge in [-0.3, -0.25) is 4.79 Å². The minimum atomic E-state index is -0.305. The number of thiazole rings is 1. The molecule has 6 nitrogen and oxygen atoms in total. The summed E-state index contributed by atoms with van der Waals surface area (Å²) in [6.45, 7) is 2.74. The highest BCUT2D eigenvalue weighted by molar-refractivity contribution is 7.15. The van der Waals surface area contributed by atoms with Crippen LogP contribution in [0.15, 0.2) is 72.9 Å². The number of ether oxygens (including phenoxy) is 3. The molecule has 0 aliphatic rings. The van der Waals surface area contributed by atoms with E-state index in [2.05, 4.69) is 24.0 Å². The summed E-state index contributed by atoms with van der Waals surface area (Å²) in [5, 5.41) is 0.986. The average molecular weight is 461 g/mol. The topological polar surface area (TPSA) is 70.5 Å². The van der Waals surface area contributed by atoms with Gasteiger partial charge in [0.25, 0.3) is 0 Å². The first-order chi connectivity index (χ1) is 16.1. The molecule has 0 aliphatic carbocycles. The Hall–Kier alpha value is -3.71. The van der Waals surface area contributed by atoms with Crippen LogP contribution in [0.1, 0.15) is 21.7 Å². The van der Waals surface area contributed by atoms with Gasteiger partial charge in [0.05, 0.1) is 19.2 Å². The van der Waals surface area contributed by atoms with Gasteiger partial charge in [-0.2, -0.15) is 0 Å². The Morgan fingerprint density at radius 2 is 1.73 bits per heavy atom. The molecule has 0 atom stereocenters. The molecule has 7 heteroatoms. The number of hydrogen-bond acceptors (Lipinski definition) is 7. The quantitative estimate of drug-likeness (QED) is 0.312. The van der Waals surface area contributed by atoms with E-state index in [0.717, 1.165) is 32.3 Å². The molecule has 2 aromatic carbocycles. The number of rotatable bonds is 9. The standard InChI is InChI=1S/C26H24N2O4S/c1-18-22(28-26(33-18)20-8-4-3-5-9-20)17-32-24-13-12-19(15-27-24)16-31-23-11-7-6-10-21(23)14-25(29)30-2/h3-13,15H,14,16-17H2,1-2H3. The molecule has 0 radical (unpaired) electrons. The molecule has 0 saturated heterocycles. The van der Waals surface area contributed by atoms with Crippen LogP contribution in [-0.2, 0) is 29.2 Å². The number of pyridine rings is 1. The van der Waals surface area contributed by atoms with Gasteiger partial charge < -0.3 is 14.2 Å². The predicted octanol–water partition coefficient (Wildman–Crippen LogP) is 5.39. The van der Waals surface area contributed by atoms with E-state index in [-0.39, 0.29) is 12.4 Å². The highest BCUT2D eigenvalue weighted by atomic mass is 32.1. The van der Waals surface area contributed by atoms with Crippen LogP contribution >= 0.6 is 11.3 Å². The molecule has 0 N–H and O–H groups in total. The highest BCUT2D eigenvalue weighted by Gasteiger charge is 2.11.